The van der Waals surface area contributed by atoms with Crippen LogP contribution in [0.15, 0.2) is 47.6 Å². The van der Waals surface area contributed by atoms with Gasteiger partial charge < -0.3 is 9.88 Å². The van der Waals surface area contributed by atoms with Crippen molar-refractivity contribution in [3.8, 4) is 11.4 Å². The Balaban J connectivity index is 1.74. The number of rotatable bonds is 6. The normalized spacial score (nSPS) is 10.8. The van der Waals surface area contributed by atoms with E-state index in [9.17, 15) is 4.79 Å². The molecule has 0 aliphatic rings. The molecule has 8 heteroatoms. The fourth-order valence-electron chi connectivity index (χ4n) is 2.45. The summed E-state index contributed by atoms with van der Waals surface area (Å²) in [7, 11) is 1.92. The van der Waals surface area contributed by atoms with Crippen molar-refractivity contribution in [3.63, 3.8) is 0 Å². The molecule has 1 aromatic heterocycles. The van der Waals surface area contributed by atoms with Gasteiger partial charge in [-0.3, -0.25) is 4.79 Å². The highest BCUT2D eigenvalue weighted by Crippen LogP contribution is 2.32. The number of aromatic nitrogens is 3. The number of nitrogens with zero attached hydrogens (tertiary/aromatic N) is 3. The molecule has 1 heterocycles. The fraction of sp³-hybridized carbons (Fsp3) is 0.211. The predicted molar refractivity (Wildman–Crippen MR) is 111 cm³/mol. The van der Waals surface area contributed by atoms with E-state index < -0.39 is 0 Å². The lowest BCUT2D eigenvalue weighted by Gasteiger charge is -2.08. The maximum absolute atomic E-state index is 11.5. The van der Waals surface area contributed by atoms with E-state index in [1.54, 1.807) is 0 Å². The van der Waals surface area contributed by atoms with E-state index in [0.29, 0.717) is 22.2 Å². The Morgan fingerprint density at radius 3 is 2.41 bits per heavy atom. The number of halogens is 2. The standard InChI is InChI=1S/C19H18Cl2N4OS/c1-3-17(26)22-13-9-7-12(8-10-13)18-23-24-19(25(18)2)27-11-14-15(20)5-4-6-16(14)21/h4-10H,3,11H2,1-2H3,(H,22,26). The zero-order valence-corrected chi connectivity index (χ0v) is 17.2. The minimum absolute atomic E-state index is 0.0154. The Hall–Kier alpha value is -2.02. The summed E-state index contributed by atoms with van der Waals surface area (Å²) in [5.74, 6) is 1.33. The van der Waals surface area contributed by atoms with Gasteiger partial charge in [0.05, 0.1) is 0 Å². The number of anilines is 1. The summed E-state index contributed by atoms with van der Waals surface area (Å²) in [6.07, 6.45) is 0.446. The Bertz CT molecular complexity index is 937. The number of hydrogen-bond donors (Lipinski definition) is 1. The fourth-order valence-corrected chi connectivity index (χ4v) is 4.10. The van der Waals surface area contributed by atoms with E-state index in [4.69, 9.17) is 23.2 Å². The second-order valence-corrected chi connectivity index (χ2v) is 7.59. The molecule has 0 aliphatic heterocycles. The number of thioether (sulfide) groups is 1. The molecule has 1 N–H and O–H groups in total. The summed E-state index contributed by atoms with van der Waals surface area (Å²) >= 11 is 14.0. The lowest BCUT2D eigenvalue weighted by molar-refractivity contribution is -0.115. The summed E-state index contributed by atoms with van der Waals surface area (Å²) in [6.45, 7) is 1.82. The SMILES string of the molecule is CCC(=O)Nc1ccc(-c2nnc(SCc3c(Cl)cccc3Cl)n2C)cc1. The summed E-state index contributed by atoms with van der Waals surface area (Å²) < 4.78 is 1.93. The van der Waals surface area contributed by atoms with Gasteiger partial charge in [0.1, 0.15) is 0 Å². The van der Waals surface area contributed by atoms with Crippen molar-refractivity contribution in [1.82, 2.24) is 14.8 Å². The monoisotopic (exact) mass is 420 g/mol. The molecule has 140 valence electrons. The molecule has 5 nitrogen and oxygen atoms in total. The van der Waals surface area contributed by atoms with Crippen molar-refractivity contribution in [1.29, 1.82) is 0 Å². The van der Waals surface area contributed by atoms with E-state index in [1.807, 2.05) is 61.0 Å². The van der Waals surface area contributed by atoms with Crippen LogP contribution in [0.2, 0.25) is 10.0 Å². The zero-order chi connectivity index (χ0) is 19.4. The first-order valence-corrected chi connectivity index (χ1v) is 10.1. The molecular weight excluding hydrogens is 403 g/mol. The molecule has 0 saturated heterocycles. The van der Waals surface area contributed by atoms with Gasteiger partial charge in [0, 0.05) is 40.5 Å². The first kappa shape index (κ1) is 19.7. The second kappa shape index (κ2) is 8.78. The molecule has 0 fully saturated rings. The van der Waals surface area contributed by atoms with Crippen molar-refractivity contribution in [2.45, 2.75) is 24.3 Å². The predicted octanol–water partition coefficient (Wildman–Crippen LogP) is 5.43. The van der Waals surface area contributed by atoms with Crippen molar-refractivity contribution in [2.75, 3.05) is 5.32 Å². The van der Waals surface area contributed by atoms with Crippen LogP contribution in [0.25, 0.3) is 11.4 Å². The van der Waals surface area contributed by atoms with E-state index in [2.05, 4.69) is 15.5 Å². The summed E-state index contributed by atoms with van der Waals surface area (Å²) in [6, 6.07) is 13.0. The maximum Gasteiger partial charge on any atom is 0.224 e. The van der Waals surface area contributed by atoms with Crippen LogP contribution in [0.3, 0.4) is 0 Å². The van der Waals surface area contributed by atoms with Crippen LogP contribution >= 0.6 is 35.0 Å². The van der Waals surface area contributed by atoms with Gasteiger partial charge in [0.25, 0.3) is 0 Å². The van der Waals surface area contributed by atoms with Crippen molar-refractivity contribution in [2.24, 2.45) is 7.05 Å². The minimum atomic E-state index is -0.0154. The average Bonchev–Trinajstić information content (AvgIpc) is 3.02. The third kappa shape index (κ3) is 4.64. The quantitative estimate of drug-likeness (QED) is 0.540. The summed E-state index contributed by atoms with van der Waals surface area (Å²) in [4.78, 5) is 11.5. The number of nitrogens with one attached hydrogen (secondary N) is 1. The number of benzene rings is 2. The highest BCUT2D eigenvalue weighted by Gasteiger charge is 2.13. The van der Waals surface area contributed by atoms with Crippen LogP contribution in [0.1, 0.15) is 18.9 Å². The van der Waals surface area contributed by atoms with Gasteiger partial charge >= 0.3 is 0 Å². The summed E-state index contributed by atoms with van der Waals surface area (Å²) in [5.41, 5.74) is 2.56. The van der Waals surface area contributed by atoms with Gasteiger partial charge in [-0.2, -0.15) is 0 Å². The van der Waals surface area contributed by atoms with E-state index in [-0.39, 0.29) is 5.91 Å². The number of amides is 1. The Kier molecular flexibility index (Phi) is 6.42. The van der Waals surface area contributed by atoms with Crippen molar-refractivity contribution in [3.05, 3.63) is 58.1 Å². The van der Waals surface area contributed by atoms with Gasteiger partial charge in [-0.15, -0.1) is 10.2 Å². The topological polar surface area (TPSA) is 59.8 Å². The third-order valence-electron chi connectivity index (χ3n) is 3.99. The molecule has 0 radical (unpaired) electrons. The third-order valence-corrected chi connectivity index (χ3v) is 5.75. The van der Waals surface area contributed by atoms with Crippen LogP contribution in [0.5, 0.6) is 0 Å². The summed E-state index contributed by atoms with van der Waals surface area (Å²) in [5, 5.41) is 13.4. The van der Waals surface area contributed by atoms with Crippen LogP contribution in [0, 0.1) is 0 Å². The first-order chi connectivity index (χ1) is 13.0. The maximum atomic E-state index is 11.5. The van der Waals surface area contributed by atoms with Crippen molar-refractivity contribution >= 4 is 46.6 Å². The molecule has 2 aromatic carbocycles. The smallest absolute Gasteiger partial charge is 0.224 e. The van der Waals surface area contributed by atoms with Crippen molar-refractivity contribution < 1.29 is 4.79 Å². The lowest BCUT2D eigenvalue weighted by atomic mass is 10.2. The Labute approximate surface area is 172 Å². The second-order valence-electron chi connectivity index (χ2n) is 5.83. The van der Waals surface area contributed by atoms with Crippen LogP contribution < -0.4 is 5.32 Å². The van der Waals surface area contributed by atoms with Gasteiger partial charge in [-0.25, -0.2) is 0 Å². The first-order valence-electron chi connectivity index (χ1n) is 8.35. The van der Waals surface area contributed by atoms with E-state index in [1.165, 1.54) is 11.8 Å². The molecule has 0 atom stereocenters. The molecule has 3 aromatic rings. The van der Waals surface area contributed by atoms with Gasteiger partial charge in [0.2, 0.25) is 5.91 Å². The highest BCUT2D eigenvalue weighted by atomic mass is 35.5. The molecule has 0 saturated carbocycles. The molecule has 27 heavy (non-hydrogen) atoms. The molecule has 0 bridgehead atoms. The van der Waals surface area contributed by atoms with Gasteiger partial charge in [-0.1, -0.05) is 48.0 Å². The highest BCUT2D eigenvalue weighted by molar-refractivity contribution is 7.98. The van der Waals surface area contributed by atoms with Crippen LogP contribution in [-0.2, 0) is 17.6 Å². The molecule has 3 rings (SSSR count). The number of carbonyl (C=O) groups excluding carboxylic acids is 1. The largest absolute Gasteiger partial charge is 0.326 e. The number of carbonyl (C=O) groups is 1. The van der Waals surface area contributed by atoms with Gasteiger partial charge in [0.15, 0.2) is 11.0 Å². The molecular formula is C19H18Cl2N4OS. The molecule has 0 spiro atoms. The van der Waals surface area contributed by atoms with Crippen LogP contribution in [0.4, 0.5) is 5.69 Å². The lowest BCUT2D eigenvalue weighted by Crippen LogP contribution is -2.09. The molecule has 0 aliphatic carbocycles. The Morgan fingerprint density at radius 1 is 1.11 bits per heavy atom. The van der Waals surface area contributed by atoms with E-state index in [0.717, 1.165) is 27.8 Å². The molecule has 1 amide bonds. The Morgan fingerprint density at radius 2 is 1.78 bits per heavy atom. The van der Waals surface area contributed by atoms with Crippen LogP contribution in [-0.4, -0.2) is 20.7 Å². The molecule has 0 unspecified atom stereocenters. The zero-order valence-electron chi connectivity index (χ0n) is 14.9. The van der Waals surface area contributed by atoms with Gasteiger partial charge in [-0.05, 0) is 42.0 Å². The minimum Gasteiger partial charge on any atom is -0.326 e. The average molecular weight is 421 g/mol. The van der Waals surface area contributed by atoms with E-state index >= 15 is 0 Å². The number of hydrogen-bond acceptors (Lipinski definition) is 4.